The third-order valence-corrected chi connectivity index (χ3v) is 4.60. The Kier molecular flexibility index (Phi) is 4.83. The Balaban J connectivity index is 1.90. The van der Waals surface area contributed by atoms with Gasteiger partial charge in [-0.3, -0.25) is 9.59 Å². The van der Waals surface area contributed by atoms with E-state index in [1.807, 2.05) is 26.8 Å². The Morgan fingerprint density at radius 3 is 2.42 bits per heavy atom. The van der Waals surface area contributed by atoms with E-state index in [0.717, 1.165) is 0 Å². The molecule has 0 aliphatic carbocycles. The van der Waals surface area contributed by atoms with E-state index in [0.29, 0.717) is 29.2 Å². The molecule has 1 aliphatic heterocycles. The Labute approximate surface area is 153 Å². The predicted molar refractivity (Wildman–Crippen MR) is 99.5 cm³/mol. The number of ketones is 1. The van der Waals surface area contributed by atoms with Gasteiger partial charge in [-0.25, -0.2) is 0 Å². The summed E-state index contributed by atoms with van der Waals surface area (Å²) in [6, 6.07) is 13.7. The second-order valence-corrected chi connectivity index (χ2v) is 6.70. The van der Waals surface area contributed by atoms with Crippen molar-refractivity contribution in [1.29, 1.82) is 0 Å². The molecule has 1 N–H and O–H groups in total. The van der Waals surface area contributed by atoms with Gasteiger partial charge in [-0.15, -0.1) is 0 Å². The van der Waals surface area contributed by atoms with Crippen LogP contribution in [-0.4, -0.2) is 29.4 Å². The zero-order chi connectivity index (χ0) is 18.9. The van der Waals surface area contributed by atoms with E-state index >= 15 is 0 Å². The van der Waals surface area contributed by atoms with Gasteiger partial charge >= 0.3 is 0 Å². The molecule has 2 aromatic rings. The first-order chi connectivity index (χ1) is 12.4. The summed E-state index contributed by atoms with van der Waals surface area (Å²) in [6.45, 7) is 6.20. The van der Waals surface area contributed by atoms with Crippen molar-refractivity contribution >= 4 is 17.4 Å². The smallest absolute Gasteiger partial charge is 0.264 e. The van der Waals surface area contributed by atoms with Crippen LogP contribution in [0.2, 0.25) is 0 Å². The molecule has 5 heteroatoms. The Hall–Kier alpha value is -2.66. The standard InChI is InChI=1S/C21H23NO4/c1-4-26-16-11-9-15(10-12-16)19(23)13-21(25)17-7-5-6-8-18(17)22(14(2)3)20(21)24/h5-12,14,25H,4,13H2,1-3H3/t21-/m1/s1. The lowest BCUT2D eigenvalue weighted by Crippen LogP contribution is -2.44. The molecule has 0 saturated carbocycles. The number of Topliss-reactive ketones (excluding diaryl/α,β-unsaturated/α-hetero) is 1. The van der Waals surface area contributed by atoms with E-state index in [1.165, 1.54) is 0 Å². The SMILES string of the molecule is CCOc1ccc(C(=O)C[C@]2(O)C(=O)N(C(C)C)c3ccccc32)cc1. The zero-order valence-corrected chi connectivity index (χ0v) is 15.2. The van der Waals surface area contributed by atoms with E-state index in [1.54, 1.807) is 47.4 Å². The predicted octanol–water partition coefficient (Wildman–Crippen LogP) is 3.30. The van der Waals surface area contributed by atoms with Gasteiger partial charge in [-0.05, 0) is 51.1 Å². The third-order valence-electron chi connectivity index (χ3n) is 4.60. The van der Waals surface area contributed by atoms with Crippen molar-refractivity contribution in [2.24, 2.45) is 0 Å². The largest absolute Gasteiger partial charge is 0.494 e. The van der Waals surface area contributed by atoms with E-state index in [2.05, 4.69) is 0 Å². The van der Waals surface area contributed by atoms with Crippen LogP contribution in [0.4, 0.5) is 5.69 Å². The number of aliphatic hydroxyl groups is 1. The number of carbonyl (C=O) groups is 2. The molecular formula is C21H23NO4. The molecule has 1 atom stereocenters. The van der Waals surface area contributed by atoms with Crippen molar-refractivity contribution in [2.45, 2.75) is 38.8 Å². The summed E-state index contributed by atoms with van der Waals surface area (Å²) in [4.78, 5) is 27.2. The molecule has 136 valence electrons. The number of rotatable bonds is 6. The summed E-state index contributed by atoms with van der Waals surface area (Å²) in [6.07, 6.45) is -0.292. The van der Waals surface area contributed by atoms with Gasteiger partial charge in [-0.2, -0.15) is 0 Å². The highest BCUT2D eigenvalue weighted by atomic mass is 16.5. The van der Waals surface area contributed by atoms with Crippen LogP contribution in [0.5, 0.6) is 5.75 Å². The zero-order valence-electron chi connectivity index (χ0n) is 15.2. The number of amides is 1. The maximum Gasteiger partial charge on any atom is 0.264 e. The molecule has 1 heterocycles. The van der Waals surface area contributed by atoms with Gasteiger partial charge in [0, 0.05) is 17.2 Å². The minimum Gasteiger partial charge on any atom is -0.494 e. The molecule has 5 nitrogen and oxygen atoms in total. The number of benzene rings is 2. The number of carbonyl (C=O) groups excluding carboxylic acids is 2. The van der Waals surface area contributed by atoms with Crippen LogP contribution in [0.1, 0.15) is 43.1 Å². The fourth-order valence-corrected chi connectivity index (χ4v) is 3.38. The highest BCUT2D eigenvalue weighted by Crippen LogP contribution is 2.43. The topological polar surface area (TPSA) is 66.8 Å². The van der Waals surface area contributed by atoms with Crippen LogP contribution in [0.3, 0.4) is 0 Å². The monoisotopic (exact) mass is 353 g/mol. The fourth-order valence-electron chi connectivity index (χ4n) is 3.38. The van der Waals surface area contributed by atoms with Gasteiger partial charge in [0.2, 0.25) is 0 Å². The molecular weight excluding hydrogens is 330 g/mol. The Morgan fingerprint density at radius 2 is 1.81 bits per heavy atom. The molecule has 2 aromatic carbocycles. The van der Waals surface area contributed by atoms with E-state index in [-0.39, 0.29) is 18.2 Å². The number of ether oxygens (including phenoxy) is 1. The number of hydrogen-bond donors (Lipinski definition) is 1. The molecule has 0 fully saturated rings. The summed E-state index contributed by atoms with van der Waals surface area (Å²) >= 11 is 0. The average molecular weight is 353 g/mol. The fraction of sp³-hybridized carbons (Fsp3) is 0.333. The Bertz CT molecular complexity index is 828. The van der Waals surface area contributed by atoms with Crippen molar-refractivity contribution in [2.75, 3.05) is 11.5 Å². The third kappa shape index (κ3) is 2.99. The number of para-hydroxylation sites is 1. The van der Waals surface area contributed by atoms with Crippen molar-refractivity contribution in [3.05, 3.63) is 59.7 Å². The number of hydrogen-bond acceptors (Lipinski definition) is 4. The van der Waals surface area contributed by atoms with Crippen LogP contribution >= 0.6 is 0 Å². The molecule has 1 amide bonds. The van der Waals surface area contributed by atoms with Gasteiger partial charge < -0.3 is 14.7 Å². The van der Waals surface area contributed by atoms with Crippen LogP contribution in [0, 0.1) is 0 Å². The highest BCUT2D eigenvalue weighted by molar-refractivity contribution is 6.11. The lowest BCUT2D eigenvalue weighted by molar-refractivity contribution is -0.136. The first-order valence-corrected chi connectivity index (χ1v) is 8.80. The van der Waals surface area contributed by atoms with Crippen molar-refractivity contribution in [3.63, 3.8) is 0 Å². The average Bonchev–Trinajstić information content (AvgIpc) is 2.84. The summed E-state index contributed by atoms with van der Waals surface area (Å²) in [5.41, 5.74) is -0.251. The lowest BCUT2D eigenvalue weighted by Gasteiger charge is -2.25. The Morgan fingerprint density at radius 1 is 1.15 bits per heavy atom. The molecule has 0 aromatic heterocycles. The molecule has 0 spiro atoms. The highest BCUT2D eigenvalue weighted by Gasteiger charge is 2.51. The number of nitrogens with zero attached hydrogens (tertiary/aromatic N) is 1. The van der Waals surface area contributed by atoms with Gasteiger partial charge in [-0.1, -0.05) is 18.2 Å². The molecule has 0 unspecified atom stereocenters. The van der Waals surface area contributed by atoms with Crippen molar-refractivity contribution in [1.82, 2.24) is 0 Å². The summed E-state index contributed by atoms with van der Waals surface area (Å²) in [5.74, 6) is -0.0617. The number of fused-ring (bicyclic) bond motifs is 1. The first kappa shape index (κ1) is 18.1. The van der Waals surface area contributed by atoms with Gasteiger partial charge in [0.05, 0.1) is 18.7 Å². The minimum absolute atomic E-state index is 0.113. The molecule has 1 aliphatic rings. The van der Waals surface area contributed by atoms with Crippen molar-refractivity contribution < 1.29 is 19.4 Å². The molecule has 0 saturated heterocycles. The quantitative estimate of drug-likeness (QED) is 0.809. The minimum atomic E-state index is -1.84. The van der Waals surface area contributed by atoms with Crippen LogP contribution in [-0.2, 0) is 10.4 Å². The molecule has 0 bridgehead atoms. The van der Waals surface area contributed by atoms with Gasteiger partial charge in [0.15, 0.2) is 11.4 Å². The first-order valence-electron chi connectivity index (χ1n) is 8.80. The van der Waals surface area contributed by atoms with Crippen LogP contribution in [0.25, 0.3) is 0 Å². The van der Waals surface area contributed by atoms with Crippen LogP contribution in [0.15, 0.2) is 48.5 Å². The van der Waals surface area contributed by atoms with Gasteiger partial charge in [0.25, 0.3) is 5.91 Å². The van der Waals surface area contributed by atoms with Crippen molar-refractivity contribution in [3.8, 4) is 5.75 Å². The second kappa shape index (κ2) is 6.92. The van der Waals surface area contributed by atoms with Gasteiger partial charge in [0.1, 0.15) is 5.75 Å². The summed E-state index contributed by atoms with van der Waals surface area (Å²) < 4.78 is 5.38. The lowest BCUT2D eigenvalue weighted by atomic mass is 9.88. The molecule has 0 radical (unpaired) electrons. The van der Waals surface area contributed by atoms with E-state index in [4.69, 9.17) is 4.74 Å². The maximum atomic E-state index is 12.9. The maximum absolute atomic E-state index is 12.9. The van der Waals surface area contributed by atoms with E-state index in [9.17, 15) is 14.7 Å². The molecule has 26 heavy (non-hydrogen) atoms. The number of anilines is 1. The normalized spacial score (nSPS) is 19.0. The second-order valence-electron chi connectivity index (χ2n) is 6.70. The van der Waals surface area contributed by atoms with Crippen LogP contribution < -0.4 is 9.64 Å². The van der Waals surface area contributed by atoms with E-state index < -0.39 is 11.5 Å². The summed E-state index contributed by atoms with van der Waals surface area (Å²) in [7, 11) is 0. The molecule has 3 rings (SSSR count). The summed E-state index contributed by atoms with van der Waals surface area (Å²) in [5, 5.41) is 11.2.